The van der Waals surface area contributed by atoms with Crippen LogP contribution in [0.4, 0.5) is 0 Å². The Hall–Kier alpha value is -3.04. The second-order valence-electron chi connectivity index (χ2n) is 12.8. The Balaban J connectivity index is 2.30. The Morgan fingerprint density at radius 3 is 1.30 bits per heavy atom. The summed E-state index contributed by atoms with van der Waals surface area (Å²) in [4.78, 5) is 0. The second kappa shape index (κ2) is 23.4. The van der Waals surface area contributed by atoms with Crippen molar-refractivity contribution in [2.75, 3.05) is 6.61 Å². The molecule has 1 aromatic carbocycles. The van der Waals surface area contributed by atoms with E-state index in [4.69, 9.17) is 0 Å². The van der Waals surface area contributed by atoms with Crippen molar-refractivity contribution in [3.05, 3.63) is 105 Å². The quantitative estimate of drug-likeness (QED) is 0.0969. The molecule has 0 heterocycles. The first kappa shape index (κ1) is 39.0. The van der Waals surface area contributed by atoms with E-state index in [1.807, 2.05) is 6.08 Å². The number of benzene rings is 1. The number of phenolic OH excluding ortho intramolecular Hbond substituents is 2. The molecule has 0 amide bonds. The summed E-state index contributed by atoms with van der Waals surface area (Å²) in [6, 6.07) is 4.53. The molecule has 0 aliphatic heterocycles. The molecule has 0 aromatic heterocycles. The monoisotopic (exact) mass is 602 g/mol. The Morgan fingerprint density at radius 2 is 0.909 bits per heavy atom. The third-order valence-electron chi connectivity index (χ3n) is 8.05. The van der Waals surface area contributed by atoms with E-state index in [9.17, 15) is 15.3 Å². The highest BCUT2D eigenvalue weighted by atomic mass is 16.3. The fourth-order valence-electron chi connectivity index (χ4n) is 5.02. The van der Waals surface area contributed by atoms with Crippen LogP contribution in [0.5, 0.6) is 11.5 Å². The first-order chi connectivity index (χ1) is 21.0. The lowest BCUT2D eigenvalue weighted by Gasteiger charge is -2.06. The topological polar surface area (TPSA) is 60.7 Å². The van der Waals surface area contributed by atoms with Crippen LogP contribution in [0.2, 0.25) is 0 Å². The highest BCUT2D eigenvalue weighted by molar-refractivity contribution is 5.40. The average Bonchev–Trinajstić information content (AvgIpc) is 2.96. The molecule has 0 radical (unpaired) electrons. The Bertz CT molecular complexity index is 1200. The van der Waals surface area contributed by atoms with Gasteiger partial charge in [0, 0.05) is 5.56 Å². The fourth-order valence-corrected chi connectivity index (χ4v) is 5.02. The number of phenols is 2. The number of hydrogen-bond donors (Lipinski definition) is 3. The van der Waals surface area contributed by atoms with Crippen molar-refractivity contribution in [1.29, 1.82) is 0 Å². The molecular weight excluding hydrogens is 540 g/mol. The molecule has 0 atom stereocenters. The Morgan fingerprint density at radius 1 is 0.523 bits per heavy atom. The van der Waals surface area contributed by atoms with Crippen LogP contribution < -0.4 is 0 Å². The van der Waals surface area contributed by atoms with Gasteiger partial charge in [-0.2, -0.15) is 0 Å². The fraction of sp³-hybridized carbons (Fsp3) is 0.512. The molecule has 244 valence electrons. The van der Waals surface area contributed by atoms with E-state index < -0.39 is 0 Å². The molecular formula is C41H62O3. The lowest BCUT2D eigenvalue weighted by molar-refractivity contribution is 0.326. The van der Waals surface area contributed by atoms with Gasteiger partial charge in [-0.05, 0) is 156 Å². The smallest absolute Gasteiger partial charge is 0.119 e. The maximum atomic E-state index is 9.95. The minimum absolute atomic E-state index is 0.00772. The van der Waals surface area contributed by atoms with Crippen LogP contribution in [0.15, 0.2) is 99.7 Å². The number of aliphatic hydroxyl groups excluding tert-OH is 1. The summed E-state index contributed by atoms with van der Waals surface area (Å²) in [5.74, 6) is 0.298. The number of rotatable bonds is 21. The minimum Gasteiger partial charge on any atom is -0.508 e. The van der Waals surface area contributed by atoms with Crippen molar-refractivity contribution >= 4 is 0 Å². The molecule has 3 N–H and O–H groups in total. The first-order valence-corrected chi connectivity index (χ1v) is 16.7. The van der Waals surface area contributed by atoms with Crippen LogP contribution in [-0.2, 0) is 6.42 Å². The van der Waals surface area contributed by atoms with Gasteiger partial charge in [-0.15, -0.1) is 0 Å². The summed E-state index contributed by atoms with van der Waals surface area (Å²) in [6.45, 7) is 15.6. The van der Waals surface area contributed by atoms with Gasteiger partial charge in [-0.1, -0.05) is 76.0 Å². The maximum Gasteiger partial charge on any atom is 0.119 e. The van der Waals surface area contributed by atoms with E-state index in [0.717, 1.165) is 76.2 Å². The average molecular weight is 603 g/mol. The lowest BCUT2D eigenvalue weighted by atomic mass is 10.0. The van der Waals surface area contributed by atoms with Crippen molar-refractivity contribution in [3.8, 4) is 11.5 Å². The molecule has 0 bridgehead atoms. The van der Waals surface area contributed by atoms with Crippen LogP contribution in [0.1, 0.15) is 131 Å². The van der Waals surface area contributed by atoms with Crippen LogP contribution in [0.3, 0.4) is 0 Å². The van der Waals surface area contributed by atoms with E-state index in [1.54, 1.807) is 6.07 Å². The van der Waals surface area contributed by atoms with Crippen molar-refractivity contribution < 1.29 is 15.3 Å². The van der Waals surface area contributed by atoms with Gasteiger partial charge >= 0.3 is 0 Å². The zero-order chi connectivity index (χ0) is 32.7. The third-order valence-corrected chi connectivity index (χ3v) is 8.05. The summed E-state index contributed by atoms with van der Waals surface area (Å²) in [5, 5.41) is 29.3. The summed E-state index contributed by atoms with van der Waals surface area (Å²) in [5.41, 5.74) is 10.4. The van der Waals surface area contributed by atoms with Gasteiger partial charge in [0.05, 0.1) is 6.61 Å². The number of hydrogen-bond acceptors (Lipinski definition) is 3. The van der Waals surface area contributed by atoms with E-state index >= 15 is 0 Å². The van der Waals surface area contributed by atoms with E-state index in [1.165, 1.54) is 52.0 Å². The van der Waals surface area contributed by atoms with Crippen molar-refractivity contribution in [3.63, 3.8) is 0 Å². The van der Waals surface area contributed by atoms with E-state index in [0.29, 0.717) is 12.0 Å². The zero-order valence-electron chi connectivity index (χ0n) is 29.0. The van der Waals surface area contributed by atoms with Crippen LogP contribution in [-0.4, -0.2) is 21.9 Å². The van der Waals surface area contributed by atoms with Gasteiger partial charge in [-0.25, -0.2) is 0 Å². The number of allylic oxidation sites excluding steroid dienone is 13. The van der Waals surface area contributed by atoms with Gasteiger partial charge in [0.2, 0.25) is 0 Å². The summed E-state index contributed by atoms with van der Waals surface area (Å²) >= 11 is 0. The highest BCUT2D eigenvalue weighted by Crippen LogP contribution is 2.24. The molecule has 0 aliphatic rings. The summed E-state index contributed by atoms with van der Waals surface area (Å²) in [6.07, 6.45) is 29.6. The SMILES string of the molecule is CC(C)=CCCC(C)=CCCC(C)=CCCC(C)=CCCC(C)=CCCC(C)=CCCC(=CCc1cc(O)ccc1O)CO. The van der Waals surface area contributed by atoms with Crippen molar-refractivity contribution in [2.45, 2.75) is 132 Å². The molecule has 0 aliphatic carbocycles. The third kappa shape index (κ3) is 20.0. The molecule has 3 nitrogen and oxygen atoms in total. The second-order valence-corrected chi connectivity index (χ2v) is 12.8. The number of aromatic hydroxyl groups is 2. The van der Waals surface area contributed by atoms with Gasteiger partial charge in [0.1, 0.15) is 11.5 Å². The maximum absolute atomic E-state index is 9.95. The minimum atomic E-state index is 0.00772. The van der Waals surface area contributed by atoms with Crippen LogP contribution in [0.25, 0.3) is 0 Å². The molecule has 44 heavy (non-hydrogen) atoms. The predicted octanol–water partition coefficient (Wildman–Crippen LogP) is 11.9. The Kier molecular flexibility index (Phi) is 20.7. The standard InChI is InChI=1S/C41H62O3/c1-32(2)14-8-15-33(3)16-9-17-34(4)18-10-19-35(5)20-11-21-36(6)22-12-23-37(7)24-13-25-38(31-42)26-27-39-30-40(43)28-29-41(39)44/h14,16,18,20,22,24,26,28-30,42-44H,8-13,15,17,19,21,23,25,27,31H2,1-7H3. The zero-order valence-corrected chi connectivity index (χ0v) is 29.0. The largest absolute Gasteiger partial charge is 0.508 e. The van der Waals surface area contributed by atoms with Crippen molar-refractivity contribution in [2.24, 2.45) is 0 Å². The molecule has 0 saturated carbocycles. The van der Waals surface area contributed by atoms with E-state index in [-0.39, 0.29) is 18.1 Å². The van der Waals surface area contributed by atoms with Crippen LogP contribution in [0, 0.1) is 0 Å². The van der Waals surface area contributed by atoms with Crippen molar-refractivity contribution in [1.82, 2.24) is 0 Å². The van der Waals surface area contributed by atoms with Crippen LogP contribution >= 0.6 is 0 Å². The predicted molar refractivity (Wildman–Crippen MR) is 192 cm³/mol. The molecule has 3 heteroatoms. The molecule has 0 fully saturated rings. The molecule has 0 spiro atoms. The summed E-state index contributed by atoms with van der Waals surface area (Å²) < 4.78 is 0. The summed E-state index contributed by atoms with van der Waals surface area (Å²) in [7, 11) is 0. The molecule has 0 unspecified atom stereocenters. The normalized spacial score (nSPS) is 13.9. The Labute approximate surface area is 270 Å². The molecule has 1 aromatic rings. The number of aliphatic hydroxyl groups is 1. The molecule has 1 rings (SSSR count). The van der Waals surface area contributed by atoms with Gasteiger partial charge in [0.15, 0.2) is 0 Å². The first-order valence-electron chi connectivity index (χ1n) is 16.7. The van der Waals surface area contributed by atoms with Gasteiger partial charge < -0.3 is 15.3 Å². The highest BCUT2D eigenvalue weighted by Gasteiger charge is 2.03. The van der Waals surface area contributed by atoms with Gasteiger partial charge in [-0.3, -0.25) is 0 Å². The van der Waals surface area contributed by atoms with E-state index in [2.05, 4.69) is 84.9 Å². The lowest BCUT2D eigenvalue weighted by Crippen LogP contribution is -1.93. The molecule has 0 saturated heterocycles. The van der Waals surface area contributed by atoms with Gasteiger partial charge in [0.25, 0.3) is 0 Å².